The molecule has 0 saturated carbocycles. The molecule has 162 valence electrons. The highest BCUT2D eigenvalue weighted by molar-refractivity contribution is 6.32. The van der Waals surface area contributed by atoms with Crippen molar-refractivity contribution in [3.63, 3.8) is 0 Å². The van der Waals surface area contributed by atoms with Gasteiger partial charge in [0.15, 0.2) is 11.5 Å². The van der Waals surface area contributed by atoms with E-state index in [1.54, 1.807) is 36.9 Å². The number of para-hydroxylation sites is 1. The largest absolute Gasteiger partial charge is 0.493 e. The van der Waals surface area contributed by atoms with Gasteiger partial charge in [0, 0.05) is 13.1 Å². The first-order chi connectivity index (χ1) is 14.9. The molecule has 0 saturated heterocycles. The zero-order valence-corrected chi connectivity index (χ0v) is 18.6. The molecule has 0 atom stereocenters. The van der Waals surface area contributed by atoms with E-state index in [0.717, 1.165) is 0 Å². The fraction of sp³-hybridized carbons (Fsp3) is 0.217. The highest BCUT2D eigenvalue weighted by Gasteiger charge is 2.17. The molecule has 31 heavy (non-hydrogen) atoms. The molecule has 0 aliphatic carbocycles. The molecule has 1 aromatic heterocycles. The van der Waals surface area contributed by atoms with E-state index in [1.807, 2.05) is 37.3 Å². The van der Waals surface area contributed by atoms with Crippen LogP contribution in [-0.2, 0) is 11.8 Å². The number of carbonyl (C=O) groups is 1. The quantitative estimate of drug-likeness (QED) is 0.558. The van der Waals surface area contributed by atoms with Crippen LogP contribution in [0, 0.1) is 6.92 Å². The Morgan fingerprint density at radius 3 is 2.58 bits per heavy atom. The zero-order valence-electron chi connectivity index (χ0n) is 17.8. The van der Waals surface area contributed by atoms with Crippen LogP contribution in [0.15, 0.2) is 53.3 Å². The summed E-state index contributed by atoms with van der Waals surface area (Å²) < 4.78 is 14.0. The number of halogens is 1. The lowest BCUT2D eigenvalue weighted by atomic mass is 10.2. The van der Waals surface area contributed by atoms with Crippen molar-refractivity contribution in [1.29, 1.82) is 0 Å². The Labute approximate surface area is 185 Å². The van der Waals surface area contributed by atoms with E-state index in [4.69, 9.17) is 21.1 Å². The number of methoxy groups -OCH3 is 1. The van der Waals surface area contributed by atoms with Gasteiger partial charge in [-0.2, -0.15) is 0 Å². The van der Waals surface area contributed by atoms with Crippen molar-refractivity contribution in [3.05, 3.63) is 75.2 Å². The van der Waals surface area contributed by atoms with Gasteiger partial charge in [-0.05, 0) is 49.8 Å². The molecule has 0 fully saturated rings. The van der Waals surface area contributed by atoms with Crippen LogP contribution < -0.4 is 20.3 Å². The minimum atomic E-state index is -0.435. The van der Waals surface area contributed by atoms with Gasteiger partial charge >= 0.3 is 0 Å². The standard InChI is InChI=1S/C23H24ClN3O4/c1-5-31-22-18(24)13-16(14-19(22)30-4)11-12-20(28)25-21-15(2)26(3)27(23(21)29)17-9-7-6-8-10-17/h6-14H,5H2,1-4H3,(H,25,28). The van der Waals surface area contributed by atoms with Crippen molar-refractivity contribution in [2.45, 2.75) is 13.8 Å². The third-order valence-corrected chi connectivity index (χ3v) is 5.05. The Balaban J connectivity index is 1.84. The molecular weight excluding hydrogens is 418 g/mol. The van der Waals surface area contributed by atoms with Gasteiger partial charge in [-0.15, -0.1) is 0 Å². The number of hydrogen-bond acceptors (Lipinski definition) is 4. The van der Waals surface area contributed by atoms with Gasteiger partial charge in [-0.1, -0.05) is 29.8 Å². The summed E-state index contributed by atoms with van der Waals surface area (Å²) >= 11 is 6.27. The molecule has 0 radical (unpaired) electrons. The molecule has 0 spiro atoms. The summed E-state index contributed by atoms with van der Waals surface area (Å²) in [6.07, 6.45) is 2.93. The number of carbonyl (C=O) groups excluding carboxylic acids is 1. The van der Waals surface area contributed by atoms with E-state index in [0.29, 0.717) is 40.1 Å². The number of nitrogens with one attached hydrogen (secondary N) is 1. The third-order valence-electron chi connectivity index (χ3n) is 4.77. The molecule has 3 aromatic rings. The van der Waals surface area contributed by atoms with Crippen LogP contribution in [-0.4, -0.2) is 29.0 Å². The molecule has 0 bridgehead atoms. The van der Waals surface area contributed by atoms with E-state index in [1.165, 1.54) is 17.9 Å². The zero-order chi connectivity index (χ0) is 22.5. The van der Waals surface area contributed by atoms with Gasteiger partial charge < -0.3 is 14.8 Å². The van der Waals surface area contributed by atoms with Gasteiger partial charge in [0.25, 0.3) is 5.56 Å². The van der Waals surface area contributed by atoms with E-state index >= 15 is 0 Å². The number of aromatic nitrogens is 2. The summed E-state index contributed by atoms with van der Waals surface area (Å²) in [5.41, 5.74) is 1.93. The summed E-state index contributed by atoms with van der Waals surface area (Å²) in [6.45, 7) is 4.08. The van der Waals surface area contributed by atoms with Crippen molar-refractivity contribution >= 4 is 29.3 Å². The van der Waals surface area contributed by atoms with E-state index in [-0.39, 0.29) is 11.2 Å². The molecule has 1 amide bonds. The molecule has 2 aromatic carbocycles. The second kappa shape index (κ2) is 9.57. The topological polar surface area (TPSA) is 74.5 Å². The molecule has 8 heteroatoms. The van der Waals surface area contributed by atoms with E-state index in [9.17, 15) is 9.59 Å². The summed E-state index contributed by atoms with van der Waals surface area (Å²) in [7, 11) is 3.29. The minimum Gasteiger partial charge on any atom is -0.493 e. The molecule has 7 nitrogen and oxygen atoms in total. The van der Waals surface area contributed by atoms with E-state index in [2.05, 4.69) is 5.32 Å². The average Bonchev–Trinajstić information content (AvgIpc) is 2.97. The Hall–Kier alpha value is -3.45. The van der Waals surface area contributed by atoms with Crippen molar-refractivity contribution in [1.82, 2.24) is 9.36 Å². The number of amides is 1. The Morgan fingerprint density at radius 2 is 1.94 bits per heavy atom. The lowest BCUT2D eigenvalue weighted by molar-refractivity contribution is -0.111. The predicted octanol–water partition coefficient (Wildman–Crippen LogP) is 4.20. The smallest absolute Gasteiger partial charge is 0.295 e. The second-order valence-corrected chi connectivity index (χ2v) is 7.13. The summed E-state index contributed by atoms with van der Waals surface area (Å²) in [5, 5.41) is 3.07. The van der Waals surface area contributed by atoms with Crippen LogP contribution in [0.4, 0.5) is 5.69 Å². The maximum Gasteiger partial charge on any atom is 0.295 e. The fourth-order valence-electron chi connectivity index (χ4n) is 3.17. The Bertz CT molecular complexity index is 1180. The number of ether oxygens (including phenoxy) is 2. The summed E-state index contributed by atoms with van der Waals surface area (Å²) in [6, 6.07) is 12.6. The SMILES string of the molecule is CCOc1c(Cl)cc(C=CC(=O)Nc2c(C)n(C)n(-c3ccccc3)c2=O)cc1OC. The molecule has 0 aliphatic heterocycles. The lowest BCUT2D eigenvalue weighted by Gasteiger charge is -2.11. The average molecular weight is 442 g/mol. The maximum absolute atomic E-state index is 12.9. The number of nitrogens with zero attached hydrogens (tertiary/aromatic N) is 2. The highest BCUT2D eigenvalue weighted by atomic mass is 35.5. The molecular formula is C23H24ClN3O4. The lowest BCUT2D eigenvalue weighted by Crippen LogP contribution is -2.22. The molecule has 1 N–H and O–H groups in total. The van der Waals surface area contributed by atoms with Crippen LogP contribution >= 0.6 is 11.6 Å². The molecule has 0 unspecified atom stereocenters. The predicted molar refractivity (Wildman–Crippen MR) is 123 cm³/mol. The first-order valence-corrected chi connectivity index (χ1v) is 10.1. The first kappa shape index (κ1) is 22.2. The number of rotatable bonds is 7. The fourth-order valence-corrected chi connectivity index (χ4v) is 3.44. The van der Waals surface area contributed by atoms with Gasteiger partial charge in [-0.3, -0.25) is 14.3 Å². The normalized spacial score (nSPS) is 11.0. The van der Waals surface area contributed by atoms with Gasteiger partial charge in [0.2, 0.25) is 5.91 Å². The van der Waals surface area contributed by atoms with Crippen LogP contribution in [0.1, 0.15) is 18.2 Å². The second-order valence-electron chi connectivity index (χ2n) is 6.73. The number of hydrogen-bond donors (Lipinski definition) is 1. The maximum atomic E-state index is 12.9. The summed E-state index contributed by atoms with van der Waals surface area (Å²) in [5.74, 6) is 0.490. The summed E-state index contributed by atoms with van der Waals surface area (Å²) in [4.78, 5) is 25.4. The highest BCUT2D eigenvalue weighted by Crippen LogP contribution is 2.36. The van der Waals surface area contributed by atoms with Gasteiger partial charge in [-0.25, -0.2) is 4.68 Å². The van der Waals surface area contributed by atoms with Gasteiger partial charge in [0.05, 0.1) is 30.1 Å². The van der Waals surface area contributed by atoms with Crippen LogP contribution in [0.25, 0.3) is 11.8 Å². The van der Waals surface area contributed by atoms with Crippen molar-refractivity contribution in [2.24, 2.45) is 7.05 Å². The Morgan fingerprint density at radius 1 is 1.23 bits per heavy atom. The van der Waals surface area contributed by atoms with Crippen LogP contribution in [0.3, 0.4) is 0 Å². The molecule has 0 aliphatic rings. The monoisotopic (exact) mass is 441 g/mol. The number of anilines is 1. The van der Waals surface area contributed by atoms with Crippen molar-refractivity contribution in [3.8, 4) is 17.2 Å². The minimum absolute atomic E-state index is 0.225. The molecule has 3 rings (SSSR count). The third kappa shape index (κ3) is 4.67. The molecule has 1 heterocycles. The Kier molecular flexibility index (Phi) is 6.87. The van der Waals surface area contributed by atoms with E-state index < -0.39 is 5.91 Å². The number of benzene rings is 2. The first-order valence-electron chi connectivity index (χ1n) is 9.70. The van der Waals surface area contributed by atoms with Crippen molar-refractivity contribution in [2.75, 3.05) is 19.0 Å². The van der Waals surface area contributed by atoms with Crippen LogP contribution in [0.5, 0.6) is 11.5 Å². The van der Waals surface area contributed by atoms with Crippen molar-refractivity contribution < 1.29 is 14.3 Å². The van der Waals surface area contributed by atoms with Crippen LogP contribution in [0.2, 0.25) is 5.02 Å². The van der Waals surface area contributed by atoms with Gasteiger partial charge in [0.1, 0.15) is 5.69 Å².